The van der Waals surface area contributed by atoms with E-state index in [1.54, 1.807) is 18.0 Å². The van der Waals surface area contributed by atoms with Gasteiger partial charge in [0.1, 0.15) is 5.76 Å². The van der Waals surface area contributed by atoms with Gasteiger partial charge in [0.25, 0.3) is 0 Å². The van der Waals surface area contributed by atoms with Gasteiger partial charge in [-0.1, -0.05) is 36.0 Å². The first-order valence-electron chi connectivity index (χ1n) is 7.15. The number of hydrogen-bond donors (Lipinski definition) is 0. The molecule has 0 spiro atoms. The number of furan rings is 1. The minimum absolute atomic E-state index is 0.761. The van der Waals surface area contributed by atoms with Crippen molar-refractivity contribution in [1.29, 1.82) is 0 Å². The standard InChI is InChI=1S/C19H17NOS/c1-14-8-9-16(12-15(14)2)20-13-17-10-11-19(21-17)22-18-6-4-3-5-7-18/h3-13H,1-2H3. The fourth-order valence-electron chi connectivity index (χ4n) is 2.01. The van der Waals surface area contributed by atoms with Crippen LogP contribution in [0.2, 0.25) is 0 Å². The molecule has 0 amide bonds. The molecule has 0 saturated heterocycles. The van der Waals surface area contributed by atoms with Gasteiger partial charge in [0.05, 0.1) is 11.9 Å². The molecule has 22 heavy (non-hydrogen) atoms. The highest BCUT2D eigenvalue weighted by Crippen LogP contribution is 2.28. The van der Waals surface area contributed by atoms with E-state index in [1.807, 2.05) is 36.4 Å². The first-order valence-corrected chi connectivity index (χ1v) is 7.96. The Morgan fingerprint density at radius 2 is 1.73 bits per heavy atom. The Hall–Kier alpha value is -2.26. The third kappa shape index (κ3) is 3.68. The third-order valence-corrected chi connectivity index (χ3v) is 4.32. The predicted molar refractivity (Wildman–Crippen MR) is 92.4 cm³/mol. The Bertz CT molecular complexity index is 790. The summed E-state index contributed by atoms with van der Waals surface area (Å²) in [6, 6.07) is 20.3. The number of hydrogen-bond acceptors (Lipinski definition) is 3. The average Bonchev–Trinajstić information content (AvgIpc) is 2.97. The molecule has 1 heterocycles. The van der Waals surface area contributed by atoms with Crippen LogP contribution in [-0.4, -0.2) is 6.21 Å². The second kappa shape index (κ2) is 6.67. The number of nitrogens with zero attached hydrogens (tertiary/aromatic N) is 1. The quantitative estimate of drug-likeness (QED) is 0.569. The third-order valence-electron chi connectivity index (χ3n) is 3.40. The highest BCUT2D eigenvalue weighted by molar-refractivity contribution is 7.99. The first kappa shape index (κ1) is 14.7. The van der Waals surface area contributed by atoms with E-state index < -0.39 is 0 Å². The summed E-state index contributed by atoms with van der Waals surface area (Å²) in [7, 11) is 0. The Kier molecular flexibility index (Phi) is 4.45. The van der Waals surface area contributed by atoms with E-state index in [-0.39, 0.29) is 0 Å². The van der Waals surface area contributed by atoms with Crippen LogP contribution in [0.4, 0.5) is 5.69 Å². The maximum atomic E-state index is 5.78. The Morgan fingerprint density at radius 1 is 0.909 bits per heavy atom. The van der Waals surface area contributed by atoms with Gasteiger partial charge in [-0.2, -0.15) is 0 Å². The SMILES string of the molecule is Cc1ccc(N=Cc2ccc(Sc3ccccc3)o2)cc1C. The molecule has 0 saturated carbocycles. The van der Waals surface area contributed by atoms with Gasteiger partial charge in [0.2, 0.25) is 0 Å². The van der Waals surface area contributed by atoms with E-state index in [9.17, 15) is 0 Å². The monoisotopic (exact) mass is 307 g/mol. The molecule has 0 fully saturated rings. The maximum Gasteiger partial charge on any atom is 0.165 e. The van der Waals surface area contributed by atoms with Crippen LogP contribution < -0.4 is 0 Å². The lowest BCUT2D eigenvalue weighted by atomic mass is 10.1. The van der Waals surface area contributed by atoms with Crippen LogP contribution >= 0.6 is 11.8 Å². The lowest BCUT2D eigenvalue weighted by Gasteiger charge is -1.99. The normalized spacial score (nSPS) is 11.2. The Morgan fingerprint density at radius 3 is 2.50 bits per heavy atom. The van der Waals surface area contributed by atoms with E-state index in [0.29, 0.717) is 0 Å². The summed E-state index contributed by atoms with van der Waals surface area (Å²) in [6.07, 6.45) is 1.76. The van der Waals surface area contributed by atoms with Crippen molar-refractivity contribution in [3.05, 3.63) is 77.6 Å². The zero-order valence-corrected chi connectivity index (χ0v) is 13.4. The molecule has 2 aromatic carbocycles. The molecule has 110 valence electrons. The molecular weight excluding hydrogens is 290 g/mol. The van der Waals surface area contributed by atoms with E-state index in [1.165, 1.54) is 11.1 Å². The van der Waals surface area contributed by atoms with E-state index in [4.69, 9.17) is 4.42 Å². The van der Waals surface area contributed by atoms with Crippen molar-refractivity contribution in [3.8, 4) is 0 Å². The summed E-state index contributed by atoms with van der Waals surface area (Å²) < 4.78 is 5.78. The van der Waals surface area contributed by atoms with E-state index in [2.05, 4.69) is 43.1 Å². The van der Waals surface area contributed by atoms with Crippen molar-refractivity contribution >= 4 is 23.7 Å². The summed E-state index contributed by atoms with van der Waals surface area (Å²) in [5, 5.41) is 0.868. The molecule has 0 aliphatic carbocycles. The highest BCUT2D eigenvalue weighted by Gasteiger charge is 2.02. The second-order valence-corrected chi connectivity index (χ2v) is 6.18. The number of aryl methyl sites for hydroxylation is 2. The van der Waals surface area contributed by atoms with Crippen LogP contribution in [0.1, 0.15) is 16.9 Å². The summed E-state index contributed by atoms with van der Waals surface area (Å²) in [6.45, 7) is 4.19. The van der Waals surface area contributed by atoms with Crippen molar-refractivity contribution in [2.45, 2.75) is 23.8 Å². The molecule has 1 aromatic heterocycles. The first-order chi connectivity index (χ1) is 10.7. The highest BCUT2D eigenvalue weighted by atomic mass is 32.2. The molecule has 2 nitrogen and oxygen atoms in total. The molecule has 3 heteroatoms. The molecule has 3 rings (SSSR count). The largest absolute Gasteiger partial charge is 0.449 e. The summed E-state index contributed by atoms with van der Waals surface area (Å²) in [4.78, 5) is 5.63. The molecule has 0 aliphatic rings. The van der Waals surface area contributed by atoms with Gasteiger partial charge < -0.3 is 4.42 Å². The molecule has 0 N–H and O–H groups in total. The van der Waals surface area contributed by atoms with Crippen molar-refractivity contribution in [3.63, 3.8) is 0 Å². The predicted octanol–water partition coefficient (Wildman–Crippen LogP) is 5.80. The van der Waals surface area contributed by atoms with Gasteiger partial charge in [0, 0.05) is 4.90 Å². The minimum atomic E-state index is 0.761. The number of rotatable bonds is 4. The number of aliphatic imine (C=N–C) groups is 1. The van der Waals surface area contributed by atoms with Crippen LogP contribution in [0.25, 0.3) is 0 Å². The fourth-order valence-corrected chi connectivity index (χ4v) is 2.81. The summed E-state index contributed by atoms with van der Waals surface area (Å²) in [5.74, 6) is 0.761. The lowest BCUT2D eigenvalue weighted by molar-refractivity contribution is 0.469. The fraction of sp³-hybridized carbons (Fsp3) is 0.105. The molecular formula is C19H17NOS. The Labute approximate surface area is 134 Å². The van der Waals surface area contributed by atoms with Crippen LogP contribution in [0.3, 0.4) is 0 Å². The maximum absolute atomic E-state index is 5.78. The van der Waals surface area contributed by atoms with Crippen molar-refractivity contribution in [1.82, 2.24) is 0 Å². The smallest absolute Gasteiger partial charge is 0.165 e. The van der Waals surface area contributed by atoms with Crippen LogP contribution in [0.15, 0.2) is 80.1 Å². The topological polar surface area (TPSA) is 25.5 Å². The van der Waals surface area contributed by atoms with Crippen LogP contribution in [-0.2, 0) is 0 Å². The van der Waals surface area contributed by atoms with Gasteiger partial charge in [0.15, 0.2) is 5.09 Å². The molecule has 0 aliphatic heterocycles. The van der Waals surface area contributed by atoms with Gasteiger partial charge in [-0.25, -0.2) is 0 Å². The Balaban J connectivity index is 1.71. The van der Waals surface area contributed by atoms with E-state index in [0.717, 1.165) is 21.4 Å². The van der Waals surface area contributed by atoms with Gasteiger partial charge in [-0.15, -0.1) is 0 Å². The zero-order chi connectivity index (χ0) is 15.4. The second-order valence-electron chi connectivity index (χ2n) is 5.10. The van der Waals surface area contributed by atoms with Crippen LogP contribution in [0, 0.1) is 13.8 Å². The lowest BCUT2D eigenvalue weighted by Crippen LogP contribution is -1.79. The molecule has 0 atom stereocenters. The molecule has 0 radical (unpaired) electrons. The van der Waals surface area contributed by atoms with Crippen molar-refractivity contribution in [2.24, 2.45) is 4.99 Å². The van der Waals surface area contributed by atoms with Crippen LogP contribution in [0.5, 0.6) is 0 Å². The van der Waals surface area contributed by atoms with Gasteiger partial charge in [-0.05, 0) is 61.4 Å². The van der Waals surface area contributed by atoms with Crippen molar-refractivity contribution < 1.29 is 4.42 Å². The van der Waals surface area contributed by atoms with Crippen molar-refractivity contribution in [2.75, 3.05) is 0 Å². The zero-order valence-electron chi connectivity index (χ0n) is 12.6. The molecule has 0 unspecified atom stereocenters. The molecule has 0 bridgehead atoms. The summed E-state index contributed by atoms with van der Waals surface area (Å²) in [5.41, 5.74) is 3.46. The summed E-state index contributed by atoms with van der Waals surface area (Å²) >= 11 is 1.61. The van der Waals surface area contributed by atoms with Gasteiger partial charge in [-0.3, -0.25) is 4.99 Å². The minimum Gasteiger partial charge on any atom is -0.449 e. The van der Waals surface area contributed by atoms with Gasteiger partial charge >= 0.3 is 0 Å². The number of benzene rings is 2. The average molecular weight is 307 g/mol. The van der Waals surface area contributed by atoms with E-state index >= 15 is 0 Å². The molecule has 3 aromatic rings.